The Bertz CT molecular complexity index is 148. The lowest BCUT2D eigenvalue weighted by molar-refractivity contribution is -0.107. The predicted octanol–water partition coefficient (Wildman–Crippen LogP) is 0.337. The van der Waals surface area contributed by atoms with Gasteiger partial charge in [-0.15, -0.1) is 0 Å². The van der Waals surface area contributed by atoms with Gasteiger partial charge in [-0.3, -0.25) is 0 Å². The van der Waals surface area contributed by atoms with Crippen LogP contribution in [0, 0.1) is 0 Å². The predicted molar refractivity (Wildman–Crippen MR) is 59.3 cm³/mol. The smallest absolute Gasteiger partial charge is 0.407 e. The standard InChI is InChI=1S/C5H10O.C4H7NO3.CH4O/c1-2-4-6-5-3-1;1-8-4(7)5-2-3-6;1-2/h1-5H2;3H,2H2,1H3,(H,5,7);2H,1H3. The Balaban J connectivity index is 0. The molecule has 0 radical (unpaired) electrons. The van der Waals surface area contributed by atoms with Crippen LogP contribution < -0.4 is 5.32 Å². The molecule has 0 unspecified atom stereocenters. The van der Waals surface area contributed by atoms with E-state index in [0.717, 1.165) is 20.3 Å². The van der Waals surface area contributed by atoms with Gasteiger partial charge in [0.1, 0.15) is 6.29 Å². The number of aliphatic hydroxyl groups is 1. The van der Waals surface area contributed by atoms with Gasteiger partial charge in [-0.25, -0.2) is 4.79 Å². The number of amides is 1. The van der Waals surface area contributed by atoms with Gasteiger partial charge in [0.15, 0.2) is 0 Å². The van der Waals surface area contributed by atoms with Crippen molar-refractivity contribution < 1.29 is 24.2 Å². The van der Waals surface area contributed by atoms with E-state index in [1.54, 1.807) is 0 Å². The lowest BCUT2D eigenvalue weighted by Crippen LogP contribution is -2.24. The molecule has 1 amide bonds. The average Bonchev–Trinajstić information content (AvgIpc) is 2.41. The fraction of sp³-hybridized carbons (Fsp3) is 0.800. The summed E-state index contributed by atoms with van der Waals surface area (Å²) in [6, 6.07) is 0. The maximum absolute atomic E-state index is 10.1. The van der Waals surface area contributed by atoms with E-state index in [1.165, 1.54) is 26.4 Å². The van der Waals surface area contributed by atoms with Crippen LogP contribution in [-0.4, -0.2) is 51.5 Å². The monoisotopic (exact) mass is 235 g/mol. The molecular formula is C10H21NO5. The zero-order valence-corrected chi connectivity index (χ0v) is 9.90. The Morgan fingerprint density at radius 1 is 1.38 bits per heavy atom. The second-order valence-electron chi connectivity index (χ2n) is 2.71. The fourth-order valence-corrected chi connectivity index (χ4v) is 0.884. The summed E-state index contributed by atoms with van der Waals surface area (Å²) in [4.78, 5) is 19.6. The zero-order valence-electron chi connectivity index (χ0n) is 9.90. The third kappa shape index (κ3) is 15.3. The van der Waals surface area contributed by atoms with E-state index >= 15 is 0 Å². The average molecular weight is 235 g/mol. The molecule has 1 rings (SSSR count). The second-order valence-corrected chi connectivity index (χ2v) is 2.71. The molecule has 0 aromatic rings. The van der Waals surface area contributed by atoms with Crippen molar-refractivity contribution in [2.75, 3.05) is 34.0 Å². The van der Waals surface area contributed by atoms with Gasteiger partial charge in [0.2, 0.25) is 0 Å². The minimum absolute atomic E-state index is 0.00662. The van der Waals surface area contributed by atoms with Gasteiger partial charge in [-0.05, 0) is 19.3 Å². The molecule has 0 bridgehead atoms. The minimum atomic E-state index is -0.586. The Morgan fingerprint density at radius 2 is 1.94 bits per heavy atom. The summed E-state index contributed by atoms with van der Waals surface area (Å²) in [5.41, 5.74) is 0. The third-order valence-electron chi connectivity index (χ3n) is 1.59. The third-order valence-corrected chi connectivity index (χ3v) is 1.59. The van der Waals surface area contributed by atoms with Crippen molar-refractivity contribution in [2.24, 2.45) is 0 Å². The fourth-order valence-electron chi connectivity index (χ4n) is 0.884. The molecule has 16 heavy (non-hydrogen) atoms. The van der Waals surface area contributed by atoms with E-state index in [4.69, 9.17) is 9.84 Å². The molecule has 0 aliphatic carbocycles. The van der Waals surface area contributed by atoms with Crippen LogP contribution in [-0.2, 0) is 14.3 Å². The van der Waals surface area contributed by atoms with Gasteiger partial charge in [-0.2, -0.15) is 0 Å². The van der Waals surface area contributed by atoms with Gasteiger partial charge in [-0.1, -0.05) is 0 Å². The quantitative estimate of drug-likeness (QED) is 0.674. The molecule has 6 nitrogen and oxygen atoms in total. The van der Waals surface area contributed by atoms with Crippen LogP contribution in [0.3, 0.4) is 0 Å². The molecule has 1 heterocycles. The molecule has 0 atom stereocenters. The number of methoxy groups -OCH3 is 1. The lowest BCUT2D eigenvalue weighted by atomic mass is 10.2. The molecule has 1 aliphatic heterocycles. The number of aliphatic hydroxyl groups excluding tert-OH is 1. The van der Waals surface area contributed by atoms with E-state index in [0.29, 0.717) is 6.29 Å². The number of hydrogen-bond acceptors (Lipinski definition) is 5. The highest BCUT2D eigenvalue weighted by Gasteiger charge is 1.95. The van der Waals surface area contributed by atoms with E-state index in [-0.39, 0.29) is 6.54 Å². The maximum Gasteiger partial charge on any atom is 0.407 e. The Kier molecular flexibility index (Phi) is 17.6. The Hall–Kier alpha value is -1.14. The van der Waals surface area contributed by atoms with Crippen molar-refractivity contribution in [3.05, 3.63) is 0 Å². The van der Waals surface area contributed by atoms with Crippen molar-refractivity contribution >= 4 is 12.4 Å². The van der Waals surface area contributed by atoms with Crippen LogP contribution >= 0.6 is 0 Å². The summed E-state index contributed by atoms with van der Waals surface area (Å²) in [6.07, 6.45) is 3.92. The number of nitrogens with one attached hydrogen (secondary N) is 1. The summed E-state index contributed by atoms with van der Waals surface area (Å²) in [6.45, 7) is 2.01. The molecule has 1 saturated heterocycles. The van der Waals surface area contributed by atoms with Crippen molar-refractivity contribution in [1.82, 2.24) is 5.32 Å². The molecule has 6 heteroatoms. The molecule has 0 saturated carbocycles. The first kappa shape index (κ1) is 17.3. The Morgan fingerprint density at radius 3 is 2.19 bits per heavy atom. The number of hydrogen-bond donors (Lipinski definition) is 2. The zero-order chi connectivity index (χ0) is 12.6. The topological polar surface area (TPSA) is 84.9 Å². The molecule has 0 aromatic heterocycles. The van der Waals surface area contributed by atoms with Crippen LogP contribution in [0.25, 0.3) is 0 Å². The number of carbonyl (C=O) groups excluding carboxylic acids is 2. The summed E-state index contributed by atoms with van der Waals surface area (Å²) in [5, 5.41) is 9.15. The lowest BCUT2D eigenvalue weighted by Gasteiger charge is -2.08. The van der Waals surface area contributed by atoms with Crippen molar-refractivity contribution in [3.63, 3.8) is 0 Å². The first-order valence-electron chi connectivity index (χ1n) is 5.09. The highest BCUT2D eigenvalue weighted by atomic mass is 16.5. The van der Waals surface area contributed by atoms with Gasteiger partial charge in [0.05, 0.1) is 13.7 Å². The molecule has 2 N–H and O–H groups in total. The second kappa shape index (κ2) is 16.3. The summed E-state index contributed by atoms with van der Waals surface area (Å²) < 4.78 is 9.21. The van der Waals surface area contributed by atoms with Gasteiger partial charge >= 0.3 is 6.09 Å². The molecule has 1 fully saturated rings. The van der Waals surface area contributed by atoms with Gasteiger partial charge < -0.3 is 24.7 Å². The van der Waals surface area contributed by atoms with E-state index in [9.17, 15) is 9.59 Å². The molecule has 0 aromatic carbocycles. The summed E-state index contributed by atoms with van der Waals surface area (Å²) in [7, 11) is 2.24. The number of carbonyl (C=O) groups is 2. The van der Waals surface area contributed by atoms with E-state index in [1.807, 2.05) is 0 Å². The number of aldehydes is 1. The molecule has 96 valence electrons. The number of ether oxygens (including phenoxy) is 2. The minimum Gasteiger partial charge on any atom is -0.453 e. The van der Waals surface area contributed by atoms with Crippen LogP contribution in [0.5, 0.6) is 0 Å². The highest BCUT2D eigenvalue weighted by molar-refractivity contribution is 5.70. The summed E-state index contributed by atoms with van der Waals surface area (Å²) in [5.74, 6) is 0. The van der Waals surface area contributed by atoms with E-state index < -0.39 is 6.09 Å². The van der Waals surface area contributed by atoms with Crippen LogP contribution in [0.4, 0.5) is 4.79 Å². The maximum atomic E-state index is 10.1. The first-order chi connectivity index (χ1) is 7.81. The summed E-state index contributed by atoms with van der Waals surface area (Å²) >= 11 is 0. The van der Waals surface area contributed by atoms with Gasteiger partial charge in [0, 0.05) is 20.3 Å². The highest BCUT2D eigenvalue weighted by Crippen LogP contribution is 2.02. The largest absolute Gasteiger partial charge is 0.453 e. The van der Waals surface area contributed by atoms with Crippen molar-refractivity contribution in [2.45, 2.75) is 19.3 Å². The molecule has 0 spiro atoms. The van der Waals surface area contributed by atoms with Crippen LogP contribution in [0.15, 0.2) is 0 Å². The van der Waals surface area contributed by atoms with Crippen molar-refractivity contribution in [1.29, 1.82) is 0 Å². The van der Waals surface area contributed by atoms with E-state index in [2.05, 4.69) is 10.1 Å². The normalized spacial score (nSPS) is 13.2. The van der Waals surface area contributed by atoms with Crippen molar-refractivity contribution in [3.8, 4) is 0 Å². The van der Waals surface area contributed by atoms with Crippen LogP contribution in [0.2, 0.25) is 0 Å². The number of rotatable bonds is 2. The van der Waals surface area contributed by atoms with Gasteiger partial charge in [0.25, 0.3) is 0 Å². The number of alkyl carbamates (subject to hydrolysis) is 1. The first-order valence-corrected chi connectivity index (χ1v) is 5.09. The molecule has 1 aliphatic rings. The molecular weight excluding hydrogens is 214 g/mol. The van der Waals surface area contributed by atoms with Crippen LogP contribution in [0.1, 0.15) is 19.3 Å². The SMILES string of the molecule is C1CCOCC1.CO.COC(=O)NCC=O. The Labute approximate surface area is 95.9 Å².